The largest absolute Gasteiger partial charge is 0.476 e. The zero-order valence-electron chi connectivity index (χ0n) is 15.4. The molecule has 2 heterocycles. The molecule has 0 aliphatic heterocycles. The number of carbonyl (C=O) groups is 1. The van der Waals surface area contributed by atoms with E-state index in [0.29, 0.717) is 0 Å². The van der Waals surface area contributed by atoms with Gasteiger partial charge in [0.05, 0.1) is 17.3 Å². The van der Waals surface area contributed by atoms with E-state index in [2.05, 4.69) is 10.1 Å². The molecule has 27 heavy (non-hydrogen) atoms. The number of hydrogen-bond donors (Lipinski definition) is 2. The van der Waals surface area contributed by atoms with Crippen molar-refractivity contribution < 1.29 is 32.9 Å². The molecule has 2 N–H and O–H groups in total. The summed E-state index contributed by atoms with van der Waals surface area (Å²) in [6.07, 6.45) is -5.24. The smallest absolute Gasteiger partial charge is 0.421 e. The van der Waals surface area contributed by atoms with Crippen LogP contribution in [0.3, 0.4) is 0 Å². The standard InChI is InChI=1S/C17H20F3N3O4/c1-8-12(15(25)26)22-23(16(3,4)5)14(8)27-10-6-7-21-13(9(2)24)11(10)17(18,19)20/h6-7,9,24H,1-5H3,(H,25,26). The summed E-state index contributed by atoms with van der Waals surface area (Å²) in [6, 6.07) is 1.01. The second-order valence-corrected chi connectivity index (χ2v) is 7.01. The Morgan fingerprint density at radius 1 is 1.30 bits per heavy atom. The number of aliphatic hydroxyl groups is 1. The number of carboxylic acid groups (broad SMARTS) is 1. The Hall–Kier alpha value is -2.62. The number of ether oxygens (including phenoxy) is 1. The highest BCUT2D eigenvalue weighted by Crippen LogP contribution is 2.42. The topological polar surface area (TPSA) is 97.5 Å². The molecular formula is C17H20F3N3O4. The van der Waals surface area contributed by atoms with Crippen molar-refractivity contribution in [3.8, 4) is 11.6 Å². The molecule has 10 heteroatoms. The van der Waals surface area contributed by atoms with Crippen LogP contribution in [0.4, 0.5) is 13.2 Å². The third kappa shape index (κ3) is 4.05. The van der Waals surface area contributed by atoms with Crippen LogP contribution in [-0.2, 0) is 11.7 Å². The number of hydrogen-bond acceptors (Lipinski definition) is 5. The summed E-state index contributed by atoms with van der Waals surface area (Å²) in [4.78, 5) is 15.0. The molecule has 0 radical (unpaired) electrons. The summed E-state index contributed by atoms with van der Waals surface area (Å²) >= 11 is 0. The van der Waals surface area contributed by atoms with E-state index >= 15 is 0 Å². The average Bonchev–Trinajstić information content (AvgIpc) is 2.83. The fraction of sp³-hybridized carbons (Fsp3) is 0.471. The van der Waals surface area contributed by atoms with Crippen LogP contribution < -0.4 is 4.74 Å². The Kier molecular flexibility index (Phi) is 5.24. The number of aromatic nitrogens is 3. The predicted molar refractivity (Wildman–Crippen MR) is 88.9 cm³/mol. The maximum absolute atomic E-state index is 13.6. The van der Waals surface area contributed by atoms with E-state index < -0.39 is 40.8 Å². The second-order valence-electron chi connectivity index (χ2n) is 7.01. The van der Waals surface area contributed by atoms with Gasteiger partial charge in [-0.05, 0) is 40.7 Å². The fourth-order valence-corrected chi connectivity index (χ4v) is 2.51. The first-order valence-electron chi connectivity index (χ1n) is 8.00. The quantitative estimate of drug-likeness (QED) is 0.826. The van der Waals surface area contributed by atoms with Gasteiger partial charge in [0.25, 0.3) is 0 Å². The Bertz CT molecular complexity index is 868. The van der Waals surface area contributed by atoms with E-state index in [1.165, 1.54) is 11.6 Å². The van der Waals surface area contributed by atoms with Gasteiger partial charge in [-0.3, -0.25) is 4.98 Å². The van der Waals surface area contributed by atoms with Gasteiger partial charge in [0.2, 0.25) is 5.88 Å². The van der Waals surface area contributed by atoms with Crippen molar-refractivity contribution in [2.24, 2.45) is 0 Å². The third-order valence-electron chi connectivity index (χ3n) is 3.73. The van der Waals surface area contributed by atoms with Gasteiger partial charge >= 0.3 is 12.1 Å². The van der Waals surface area contributed by atoms with Crippen LogP contribution in [0.15, 0.2) is 12.3 Å². The van der Waals surface area contributed by atoms with Gasteiger partial charge in [-0.15, -0.1) is 0 Å². The van der Waals surface area contributed by atoms with Crippen LogP contribution in [0.1, 0.15) is 61.1 Å². The van der Waals surface area contributed by atoms with Gasteiger partial charge in [0.15, 0.2) is 5.69 Å². The first-order chi connectivity index (χ1) is 12.2. The number of halogens is 3. The highest BCUT2D eigenvalue weighted by Gasteiger charge is 2.40. The minimum Gasteiger partial charge on any atom is -0.476 e. The summed E-state index contributed by atoms with van der Waals surface area (Å²) in [5, 5.41) is 22.9. The number of aliphatic hydroxyl groups excluding tert-OH is 1. The molecule has 2 aromatic heterocycles. The number of alkyl halides is 3. The van der Waals surface area contributed by atoms with Crippen molar-refractivity contribution in [2.75, 3.05) is 0 Å². The van der Waals surface area contributed by atoms with Crippen molar-refractivity contribution in [1.82, 2.24) is 14.8 Å². The Labute approximate surface area is 153 Å². The normalized spacial score (nSPS) is 13.5. The molecule has 0 aliphatic rings. The zero-order chi connectivity index (χ0) is 20.7. The SMILES string of the molecule is Cc1c(C(=O)O)nn(C(C)(C)C)c1Oc1ccnc(C(C)O)c1C(F)(F)F. The van der Waals surface area contributed by atoms with Crippen molar-refractivity contribution in [3.63, 3.8) is 0 Å². The first-order valence-corrected chi connectivity index (χ1v) is 8.00. The lowest BCUT2D eigenvalue weighted by molar-refractivity contribution is -0.140. The van der Waals surface area contributed by atoms with E-state index in [4.69, 9.17) is 4.74 Å². The number of carboxylic acids is 1. The van der Waals surface area contributed by atoms with E-state index in [9.17, 15) is 28.2 Å². The maximum atomic E-state index is 13.6. The predicted octanol–water partition coefficient (Wildman–Crippen LogP) is 3.90. The van der Waals surface area contributed by atoms with Gasteiger partial charge in [0.1, 0.15) is 11.3 Å². The minimum absolute atomic E-state index is 0.0842. The summed E-state index contributed by atoms with van der Waals surface area (Å²) in [5.41, 5.74) is -2.80. The third-order valence-corrected chi connectivity index (χ3v) is 3.73. The lowest BCUT2D eigenvalue weighted by Gasteiger charge is -2.23. The highest BCUT2D eigenvalue weighted by atomic mass is 19.4. The zero-order valence-corrected chi connectivity index (χ0v) is 15.4. The number of nitrogens with zero attached hydrogens (tertiary/aromatic N) is 3. The lowest BCUT2D eigenvalue weighted by atomic mass is 10.1. The molecule has 1 atom stereocenters. The van der Waals surface area contributed by atoms with Gasteiger partial charge in [-0.1, -0.05) is 0 Å². The van der Waals surface area contributed by atoms with Crippen molar-refractivity contribution in [2.45, 2.75) is 52.4 Å². The van der Waals surface area contributed by atoms with Gasteiger partial charge in [-0.25, -0.2) is 9.48 Å². The Morgan fingerprint density at radius 3 is 2.33 bits per heavy atom. The molecule has 0 spiro atoms. The van der Waals surface area contributed by atoms with Gasteiger partial charge in [0, 0.05) is 11.8 Å². The molecule has 0 bridgehead atoms. The Morgan fingerprint density at radius 2 is 1.89 bits per heavy atom. The van der Waals surface area contributed by atoms with Crippen LogP contribution in [0, 0.1) is 6.92 Å². The molecule has 0 fully saturated rings. The van der Waals surface area contributed by atoms with Crippen LogP contribution in [-0.4, -0.2) is 30.9 Å². The van der Waals surface area contributed by atoms with E-state index in [0.717, 1.165) is 19.2 Å². The van der Waals surface area contributed by atoms with Gasteiger partial charge < -0.3 is 14.9 Å². The summed E-state index contributed by atoms with van der Waals surface area (Å²) in [5.74, 6) is -2.05. The monoisotopic (exact) mass is 387 g/mol. The number of pyridine rings is 1. The summed E-state index contributed by atoms with van der Waals surface area (Å²) in [6.45, 7) is 7.68. The molecule has 1 unspecified atom stereocenters. The molecule has 2 rings (SSSR count). The Balaban J connectivity index is 2.72. The minimum atomic E-state index is -4.84. The van der Waals surface area contributed by atoms with Crippen molar-refractivity contribution >= 4 is 5.97 Å². The molecule has 0 saturated carbocycles. The van der Waals surface area contributed by atoms with E-state index in [-0.39, 0.29) is 17.1 Å². The van der Waals surface area contributed by atoms with E-state index in [1.807, 2.05) is 0 Å². The van der Waals surface area contributed by atoms with Crippen LogP contribution in [0.5, 0.6) is 11.6 Å². The molecule has 0 amide bonds. The molecule has 2 aromatic rings. The molecule has 7 nitrogen and oxygen atoms in total. The van der Waals surface area contributed by atoms with Crippen LogP contribution in [0.2, 0.25) is 0 Å². The number of rotatable bonds is 4. The maximum Gasteiger partial charge on any atom is 0.421 e. The molecule has 0 aliphatic carbocycles. The van der Waals surface area contributed by atoms with Crippen molar-refractivity contribution in [3.05, 3.63) is 34.8 Å². The highest BCUT2D eigenvalue weighted by molar-refractivity contribution is 5.87. The summed E-state index contributed by atoms with van der Waals surface area (Å²) < 4.78 is 47.5. The molecular weight excluding hydrogens is 367 g/mol. The lowest BCUT2D eigenvalue weighted by Crippen LogP contribution is -2.24. The average molecular weight is 387 g/mol. The summed E-state index contributed by atoms with van der Waals surface area (Å²) in [7, 11) is 0. The van der Waals surface area contributed by atoms with Gasteiger partial charge in [-0.2, -0.15) is 18.3 Å². The number of aromatic carboxylic acids is 1. The first kappa shape index (κ1) is 20.7. The molecule has 0 saturated heterocycles. The van der Waals surface area contributed by atoms with Crippen LogP contribution in [0.25, 0.3) is 0 Å². The van der Waals surface area contributed by atoms with E-state index in [1.54, 1.807) is 20.8 Å². The molecule has 148 valence electrons. The van der Waals surface area contributed by atoms with Crippen LogP contribution >= 0.6 is 0 Å². The fourth-order valence-electron chi connectivity index (χ4n) is 2.51. The van der Waals surface area contributed by atoms with Crippen molar-refractivity contribution in [1.29, 1.82) is 0 Å². The second kappa shape index (κ2) is 6.84. The molecule has 0 aromatic carbocycles.